The van der Waals surface area contributed by atoms with Gasteiger partial charge < -0.3 is 25.4 Å². The van der Waals surface area contributed by atoms with Gasteiger partial charge in [-0.25, -0.2) is 4.98 Å². The molecule has 0 saturated heterocycles. The van der Waals surface area contributed by atoms with E-state index in [4.69, 9.17) is 0 Å². The minimum Gasteiger partial charge on any atom is -0.340 e. The molecule has 3 aromatic rings. The lowest BCUT2D eigenvalue weighted by Crippen LogP contribution is -2.43. The van der Waals surface area contributed by atoms with Crippen LogP contribution < -0.4 is 16.0 Å². The zero-order valence-corrected chi connectivity index (χ0v) is 17.4. The lowest BCUT2D eigenvalue weighted by atomic mass is 10.1. The van der Waals surface area contributed by atoms with Crippen molar-refractivity contribution in [2.45, 2.75) is 19.0 Å². The van der Waals surface area contributed by atoms with E-state index in [0.717, 1.165) is 24.1 Å². The highest BCUT2D eigenvalue weighted by molar-refractivity contribution is 6.11. The van der Waals surface area contributed by atoms with Crippen molar-refractivity contribution in [1.29, 1.82) is 0 Å². The number of rotatable bonds is 6. The van der Waals surface area contributed by atoms with E-state index in [-0.39, 0.29) is 12.3 Å². The minimum atomic E-state index is -0.964. The second-order valence-electron chi connectivity index (χ2n) is 7.76. The summed E-state index contributed by atoms with van der Waals surface area (Å²) in [4.78, 5) is 43.9. The number of anilines is 2. The van der Waals surface area contributed by atoms with Crippen LogP contribution in [0.15, 0.2) is 48.8 Å². The molecule has 1 aliphatic rings. The van der Waals surface area contributed by atoms with Gasteiger partial charge in [-0.2, -0.15) is 0 Å². The van der Waals surface area contributed by atoms with Gasteiger partial charge in [-0.1, -0.05) is 12.1 Å². The normalized spacial score (nSPS) is 15.9. The summed E-state index contributed by atoms with van der Waals surface area (Å²) in [5.41, 5.74) is 3.14. The fourth-order valence-corrected chi connectivity index (χ4v) is 3.48. The molecule has 31 heavy (non-hydrogen) atoms. The summed E-state index contributed by atoms with van der Waals surface area (Å²) in [6, 6.07) is 11.3. The Morgan fingerprint density at radius 1 is 1.19 bits per heavy atom. The Bertz CT molecular complexity index is 1150. The molecule has 1 aliphatic heterocycles. The summed E-state index contributed by atoms with van der Waals surface area (Å²) in [7, 11) is 4.03. The van der Waals surface area contributed by atoms with Gasteiger partial charge in [0.1, 0.15) is 6.04 Å². The number of imidazole rings is 1. The molecule has 3 N–H and O–H groups in total. The molecule has 2 heterocycles. The topological polar surface area (TPSA) is 108 Å². The maximum atomic E-state index is 12.6. The lowest BCUT2D eigenvalue weighted by Gasteiger charge is -2.14. The van der Waals surface area contributed by atoms with Crippen molar-refractivity contribution in [2.75, 3.05) is 31.3 Å². The van der Waals surface area contributed by atoms with E-state index in [1.54, 1.807) is 42.7 Å². The van der Waals surface area contributed by atoms with E-state index in [9.17, 15) is 14.4 Å². The van der Waals surface area contributed by atoms with E-state index < -0.39 is 17.9 Å². The number of likely N-dealkylation sites (N-methyl/N-ethyl adjacent to an activating group) is 1. The second kappa shape index (κ2) is 8.57. The number of aromatic nitrogens is 2. The molecular formula is C22H24N6O3. The van der Waals surface area contributed by atoms with Gasteiger partial charge in [0.25, 0.3) is 5.91 Å². The van der Waals surface area contributed by atoms with Gasteiger partial charge >= 0.3 is 0 Å². The summed E-state index contributed by atoms with van der Waals surface area (Å²) in [5.74, 6) is -1.20. The predicted molar refractivity (Wildman–Crippen MR) is 118 cm³/mol. The molecule has 160 valence electrons. The quantitative estimate of drug-likeness (QED) is 0.562. The Balaban J connectivity index is 1.42. The van der Waals surface area contributed by atoms with Gasteiger partial charge in [0.15, 0.2) is 0 Å². The molecule has 1 aromatic heterocycles. The molecule has 0 fully saturated rings. The molecule has 4 rings (SSSR count). The van der Waals surface area contributed by atoms with Crippen LogP contribution in [0.5, 0.6) is 0 Å². The number of hydrogen-bond donors (Lipinski definition) is 3. The van der Waals surface area contributed by atoms with Crippen LogP contribution in [-0.2, 0) is 16.1 Å². The Labute approximate surface area is 179 Å². The highest BCUT2D eigenvalue weighted by Crippen LogP contribution is 2.21. The Morgan fingerprint density at radius 2 is 2.00 bits per heavy atom. The molecule has 2 aromatic carbocycles. The largest absolute Gasteiger partial charge is 0.340 e. The molecule has 0 aliphatic carbocycles. The summed E-state index contributed by atoms with van der Waals surface area (Å²) in [6.45, 7) is 1.71. The van der Waals surface area contributed by atoms with Crippen molar-refractivity contribution in [3.05, 3.63) is 54.4 Å². The Morgan fingerprint density at radius 3 is 2.81 bits per heavy atom. The van der Waals surface area contributed by atoms with Gasteiger partial charge in [-0.15, -0.1) is 0 Å². The lowest BCUT2D eigenvalue weighted by molar-refractivity contribution is -0.122. The third-order valence-electron chi connectivity index (χ3n) is 5.13. The zero-order chi connectivity index (χ0) is 22.0. The minimum absolute atomic E-state index is 0.180. The van der Waals surface area contributed by atoms with Crippen LogP contribution >= 0.6 is 0 Å². The van der Waals surface area contributed by atoms with Gasteiger partial charge in [0.05, 0.1) is 35.0 Å². The van der Waals surface area contributed by atoms with Crippen molar-refractivity contribution >= 4 is 40.1 Å². The first-order valence-electron chi connectivity index (χ1n) is 10.0. The Kier molecular flexibility index (Phi) is 5.68. The third-order valence-corrected chi connectivity index (χ3v) is 5.13. The summed E-state index contributed by atoms with van der Waals surface area (Å²) < 4.78 is 2.06. The van der Waals surface area contributed by atoms with Crippen molar-refractivity contribution in [3.63, 3.8) is 0 Å². The van der Waals surface area contributed by atoms with Crippen molar-refractivity contribution < 1.29 is 14.4 Å². The molecular weight excluding hydrogens is 396 g/mol. The number of carbonyl (C=O) groups excluding carboxylic acids is 3. The van der Waals surface area contributed by atoms with E-state index >= 15 is 0 Å². The first kappa shape index (κ1) is 20.5. The third kappa shape index (κ3) is 4.56. The SMILES string of the molecule is CN(C)CCn1cnc2cc(NC(=O)C[C@H]3NC(=O)c4ccccc4NC3=O)ccc21. The maximum Gasteiger partial charge on any atom is 0.254 e. The molecule has 1 atom stereocenters. The van der Waals surface area contributed by atoms with E-state index in [1.165, 1.54) is 0 Å². The monoisotopic (exact) mass is 420 g/mol. The average Bonchev–Trinajstić information content (AvgIpc) is 3.09. The van der Waals surface area contributed by atoms with E-state index in [2.05, 4.69) is 30.4 Å². The van der Waals surface area contributed by atoms with Crippen LogP contribution in [0.2, 0.25) is 0 Å². The molecule has 3 amide bonds. The van der Waals surface area contributed by atoms with E-state index in [1.807, 2.05) is 20.2 Å². The van der Waals surface area contributed by atoms with Crippen LogP contribution in [0.25, 0.3) is 11.0 Å². The molecule has 9 nitrogen and oxygen atoms in total. The standard InChI is InChI=1S/C22H24N6O3/c1-27(2)9-10-28-13-23-17-11-14(7-8-19(17)28)24-20(29)12-18-22(31)25-16-6-4-3-5-15(16)21(30)26-18/h3-8,11,13,18H,9-10,12H2,1-2H3,(H,24,29)(H,25,31)(H,26,30)/t18-/m1/s1. The summed E-state index contributed by atoms with van der Waals surface area (Å²) >= 11 is 0. The van der Waals surface area contributed by atoms with Crippen molar-refractivity contribution in [1.82, 2.24) is 19.8 Å². The predicted octanol–water partition coefficient (Wildman–Crippen LogP) is 1.68. The molecule has 0 saturated carbocycles. The van der Waals surface area contributed by atoms with Crippen LogP contribution in [0.3, 0.4) is 0 Å². The summed E-state index contributed by atoms with van der Waals surface area (Å²) in [5, 5.41) is 8.12. The van der Waals surface area contributed by atoms with Gasteiger partial charge in [-0.3, -0.25) is 14.4 Å². The van der Waals surface area contributed by atoms with E-state index in [0.29, 0.717) is 16.9 Å². The van der Waals surface area contributed by atoms with Crippen LogP contribution in [0, 0.1) is 0 Å². The number of carbonyl (C=O) groups is 3. The average molecular weight is 420 g/mol. The number of fused-ring (bicyclic) bond motifs is 2. The molecule has 0 radical (unpaired) electrons. The Hall–Kier alpha value is -3.72. The second-order valence-corrected chi connectivity index (χ2v) is 7.76. The maximum absolute atomic E-state index is 12.6. The molecule has 0 spiro atoms. The number of nitrogens with one attached hydrogen (secondary N) is 3. The molecule has 0 bridgehead atoms. The van der Waals surface area contributed by atoms with Gasteiger partial charge in [0, 0.05) is 18.8 Å². The van der Waals surface area contributed by atoms with Crippen molar-refractivity contribution in [2.24, 2.45) is 0 Å². The smallest absolute Gasteiger partial charge is 0.254 e. The number of para-hydroxylation sites is 1. The first-order chi connectivity index (χ1) is 14.9. The fourth-order valence-electron chi connectivity index (χ4n) is 3.48. The van der Waals surface area contributed by atoms with Crippen molar-refractivity contribution in [3.8, 4) is 0 Å². The van der Waals surface area contributed by atoms with Gasteiger partial charge in [0.2, 0.25) is 11.8 Å². The molecule has 0 unspecified atom stereocenters. The summed E-state index contributed by atoms with van der Waals surface area (Å²) in [6.07, 6.45) is 1.60. The highest BCUT2D eigenvalue weighted by atomic mass is 16.2. The highest BCUT2D eigenvalue weighted by Gasteiger charge is 2.29. The number of amides is 3. The number of nitrogens with zero attached hydrogens (tertiary/aromatic N) is 3. The number of hydrogen-bond acceptors (Lipinski definition) is 5. The molecule has 9 heteroatoms. The van der Waals surface area contributed by atoms with Crippen LogP contribution in [-0.4, -0.2) is 58.9 Å². The van der Waals surface area contributed by atoms with Crippen LogP contribution in [0.4, 0.5) is 11.4 Å². The number of benzene rings is 2. The first-order valence-corrected chi connectivity index (χ1v) is 10.0. The van der Waals surface area contributed by atoms with Gasteiger partial charge in [-0.05, 0) is 44.4 Å². The fraction of sp³-hybridized carbons (Fsp3) is 0.273. The van der Waals surface area contributed by atoms with Crippen LogP contribution in [0.1, 0.15) is 16.8 Å². The zero-order valence-electron chi connectivity index (χ0n) is 17.4.